The Labute approximate surface area is 235 Å². The Bertz CT molecular complexity index is 1450. The quantitative estimate of drug-likeness (QED) is 0.334. The van der Waals surface area contributed by atoms with Crippen molar-refractivity contribution in [2.75, 3.05) is 57.7 Å². The minimum atomic E-state index is -0.259. The number of hydrogen-bond donors (Lipinski definition) is 2. The van der Waals surface area contributed by atoms with E-state index in [2.05, 4.69) is 49.8 Å². The fourth-order valence-electron chi connectivity index (χ4n) is 5.33. The van der Waals surface area contributed by atoms with Gasteiger partial charge in [0, 0.05) is 76.8 Å². The van der Waals surface area contributed by atoms with Gasteiger partial charge in [-0.15, -0.1) is 0 Å². The normalized spacial score (nSPS) is 17.2. The van der Waals surface area contributed by atoms with Crippen LogP contribution in [0.2, 0.25) is 0 Å². The molecule has 1 fully saturated rings. The molecule has 1 saturated heterocycles. The summed E-state index contributed by atoms with van der Waals surface area (Å²) in [5.74, 6) is 0.775. The van der Waals surface area contributed by atoms with Gasteiger partial charge in [0.1, 0.15) is 11.5 Å². The van der Waals surface area contributed by atoms with E-state index < -0.39 is 0 Å². The largest absolute Gasteiger partial charge is 0.383 e. The molecule has 5 rings (SSSR count). The first kappa shape index (κ1) is 27.4. The van der Waals surface area contributed by atoms with Gasteiger partial charge < -0.3 is 15.0 Å². The summed E-state index contributed by atoms with van der Waals surface area (Å²) in [4.78, 5) is 18.0. The zero-order valence-electron chi connectivity index (χ0n) is 23.8. The number of aromatic nitrogens is 4. The standard InChI is InChI=1S/C30H38N8O2/c1-21-28(23-17-31-36(4)18-23)34-38(24-11-7-6-8-12-24)29(21)33-30(39)32-27-20-37(14-15-40-5)19-26(27)22-10-9-13-25(16-22)35(2)3/h6-13,16-18,26-27H,14-15,19-20H2,1-5H3,(H2,32,33,39)/t26-,27+/m0/s1. The molecule has 0 bridgehead atoms. The van der Waals surface area contributed by atoms with Gasteiger partial charge in [-0.05, 0) is 36.8 Å². The molecular weight excluding hydrogens is 504 g/mol. The maximum atomic E-state index is 13.6. The predicted octanol–water partition coefficient (Wildman–Crippen LogP) is 3.88. The number of nitrogens with one attached hydrogen (secondary N) is 2. The number of carbonyl (C=O) groups is 1. The lowest BCUT2D eigenvalue weighted by Gasteiger charge is -2.22. The summed E-state index contributed by atoms with van der Waals surface area (Å²) < 4.78 is 8.87. The molecule has 2 aromatic heterocycles. The lowest BCUT2D eigenvalue weighted by molar-refractivity contribution is 0.159. The molecule has 1 aliphatic rings. The van der Waals surface area contributed by atoms with Crippen molar-refractivity contribution in [1.29, 1.82) is 0 Å². The first-order chi connectivity index (χ1) is 19.3. The van der Waals surface area contributed by atoms with Gasteiger partial charge in [-0.2, -0.15) is 10.2 Å². The van der Waals surface area contributed by atoms with Gasteiger partial charge in [0.15, 0.2) is 0 Å². The second kappa shape index (κ2) is 11.9. The van der Waals surface area contributed by atoms with E-state index in [-0.39, 0.29) is 18.0 Å². The summed E-state index contributed by atoms with van der Waals surface area (Å²) in [6.45, 7) is 5.02. The Hall–Kier alpha value is -4.15. The molecule has 40 heavy (non-hydrogen) atoms. The predicted molar refractivity (Wildman–Crippen MR) is 158 cm³/mol. The van der Waals surface area contributed by atoms with E-state index in [1.165, 1.54) is 5.56 Å². The van der Waals surface area contributed by atoms with E-state index in [0.29, 0.717) is 12.4 Å². The van der Waals surface area contributed by atoms with Gasteiger partial charge in [0.05, 0.1) is 24.5 Å². The van der Waals surface area contributed by atoms with Gasteiger partial charge in [0.25, 0.3) is 0 Å². The molecule has 0 radical (unpaired) electrons. The zero-order chi connectivity index (χ0) is 28.2. The Morgan fingerprint density at radius 2 is 1.93 bits per heavy atom. The number of amides is 2. The van der Waals surface area contributed by atoms with Crippen LogP contribution in [0.5, 0.6) is 0 Å². The zero-order valence-corrected chi connectivity index (χ0v) is 23.8. The van der Waals surface area contributed by atoms with E-state index in [0.717, 1.165) is 47.8 Å². The minimum absolute atomic E-state index is 0.0690. The number of hydrogen-bond acceptors (Lipinski definition) is 6. The van der Waals surface area contributed by atoms with Crippen LogP contribution in [-0.2, 0) is 11.8 Å². The molecule has 3 heterocycles. The monoisotopic (exact) mass is 542 g/mol. The highest BCUT2D eigenvalue weighted by molar-refractivity contribution is 5.91. The highest BCUT2D eigenvalue weighted by Gasteiger charge is 2.35. The number of urea groups is 1. The third-order valence-electron chi connectivity index (χ3n) is 7.47. The summed E-state index contributed by atoms with van der Waals surface area (Å²) in [6, 6.07) is 18.0. The smallest absolute Gasteiger partial charge is 0.320 e. The molecule has 0 saturated carbocycles. The molecule has 0 unspecified atom stereocenters. The van der Waals surface area contributed by atoms with Crippen LogP contribution >= 0.6 is 0 Å². The highest BCUT2D eigenvalue weighted by atomic mass is 16.5. The average molecular weight is 543 g/mol. The van der Waals surface area contributed by atoms with E-state index >= 15 is 0 Å². The second-order valence-corrected chi connectivity index (χ2v) is 10.5. The van der Waals surface area contributed by atoms with Crippen LogP contribution in [0.15, 0.2) is 67.0 Å². The molecule has 2 atom stereocenters. The van der Waals surface area contributed by atoms with Crippen molar-refractivity contribution in [3.05, 3.63) is 78.1 Å². The van der Waals surface area contributed by atoms with Crippen molar-refractivity contribution in [2.24, 2.45) is 7.05 Å². The number of carbonyl (C=O) groups excluding carboxylic acids is 1. The SMILES string of the molecule is COCCN1C[C@@H](NC(=O)Nc2c(C)c(-c3cnn(C)c3)nn2-c2ccccc2)[C@H](c2cccc(N(C)C)c2)C1. The van der Waals surface area contributed by atoms with E-state index in [1.807, 2.05) is 64.6 Å². The van der Waals surface area contributed by atoms with Crippen LogP contribution in [0.4, 0.5) is 16.3 Å². The van der Waals surface area contributed by atoms with Gasteiger partial charge in [0.2, 0.25) is 0 Å². The van der Waals surface area contributed by atoms with Crippen molar-refractivity contribution in [3.63, 3.8) is 0 Å². The molecule has 2 N–H and O–H groups in total. The third-order valence-corrected chi connectivity index (χ3v) is 7.47. The summed E-state index contributed by atoms with van der Waals surface area (Å²) in [5, 5.41) is 15.6. The van der Waals surface area contributed by atoms with Gasteiger partial charge in [-0.3, -0.25) is 14.9 Å². The average Bonchev–Trinajstić information content (AvgIpc) is 3.65. The maximum Gasteiger partial charge on any atom is 0.320 e. The minimum Gasteiger partial charge on any atom is -0.383 e. The Morgan fingerprint density at radius 1 is 1.12 bits per heavy atom. The van der Waals surface area contributed by atoms with Gasteiger partial charge in [-0.1, -0.05) is 30.3 Å². The van der Waals surface area contributed by atoms with Crippen LogP contribution < -0.4 is 15.5 Å². The molecule has 10 nitrogen and oxygen atoms in total. The molecule has 1 aliphatic heterocycles. The molecule has 210 valence electrons. The summed E-state index contributed by atoms with van der Waals surface area (Å²) in [5.41, 5.74) is 5.75. The van der Waals surface area contributed by atoms with Crippen molar-refractivity contribution in [2.45, 2.75) is 18.9 Å². The number of ether oxygens (including phenoxy) is 1. The lowest BCUT2D eigenvalue weighted by atomic mass is 9.94. The Morgan fingerprint density at radius 3 is 2.62 bits per heavy atom. The topological polar surface area (TPSA) is 92.5 Å². The molecule has 4 aromatic rings. The van der Waals surface area contributed by atoms with Crippen LogP contribution in [0.25, 0.3) is 16.9 Å². The van der Waals surface area contributed by atoms with Crippen LogP contribution in [0.3, 0.4) is 0 Å². The first-order valence-corrected chi connectivity index (χ1v) is 13.5. The van der Waals surface area contributed by atoms with E-state index in [1.54, 1.807) is 22.7 Å². The molecule has 2 amide bonds. The van der Waals surface area contributed by atoms with Crippen LogP contribution in [0.1, 0.15) is 17.0 Å². The molecule has 10 heteroatoms. The maximum absolute atomic E-state index is 13.6. The number of likely N-dealkylation sites (tertiary alicyclic amines) is 1. The molecular formula is C30H38N8O2. The summed E-state index contributed by atoms with van der Waals surface area (Å²) >= 11 is 0. The fourth-order valence-corrected chi connectivity index (χ4v) is 5.33. The lowest BCUT2D eigenvalue weighted by Crippen LogP contribution is -2.42. The Kier molecular flexibility index (Phi) is 8.18. The number of anilines is 2. The number of methoxy groups -OCH3 is 1. The highest BCUT2D eigenvalue weighted by Crippen LogP contribution is 2.32. The number of nitrogens with zero attached hydrogens (tertiary/aromatic N) is 6. The fraction of sp³-hybridized carbons (Fsp3) is 0.367. The number of benzene rings is 2. The van der Waals surface area contributed by atoms with E-state index in [9.17, 15) is 4.79 Å². The van der Waals surface area contributed by atoms with Crippen molar-refractivity contribution in [3.8, 4) is 16.9 Å². The molecule has 2 aromatic carbocycles. The molecule has 0 aliphatic carbocycles. The first-order valence-electron chi connectivity index (χ1n) is 13.5. The van der Waals surface area contributed by atoms with Gasteiger partial charge >= 0.3 is 6.03 Å². The second-order valence-electron chi connectivity index (χ2n) is 10.5. The van der Waals surface area contributed by atoms with Gasteiger partial charge in [-0.25, -0.2) is 9.48 Å². The van der Waals surface area contributed by atoms with Crippen LogP contribution in [0, 0.1) is 6.92 Å². The van der Waals surface area contributed by atoms with Crippen molar-refractivity contribution in [1.82, 2.24) is 29.8 Å². The number of para-hydroxylation sites is 1. The third kappa shape index (κ3) is 5.88. The number of rotatable bonds is 9. The molecule has 0 spiro atoms. The van der Waals surface area contributed by atoms with Crippen molar-refractivity contribution >= 4 is 17.5 Å². The van der Waals surface area contributed by atoms with Crippen LogP contribution in [-0.4, -0.2) is 84.0 Å². The summed E-state index contributed by atoms with van der Waals surface area (Å²) in [7, 11) is 7.68. The van der Waals surface area contributed by atoms with Crippen molar-refractivity contribution < 1.29 is 9.53 Å². The van der Waals surface area contributed by atoms with E-state index in [4.69, 9.17) is 9.84 Å². The number of aryl methyl sites for hydroxylation is 1. The Balaban J connectivity index is 1.42. The summed E-state index contributed by atoms with van der Waals surface area (Å²) in [6.07, 6.45) is 3.71.